The fourth-order valence-electron chi connectivity index (χ4n) is 1.85. The zero-order valence-corrected chi connectivity index (χ0v) is 10.4. The van der Waals surface area contributed by atoms with E-state index in [9.17, 15) is 5.11 Å². The molecule has 0 amide bonds. The van der Waals surface area contributed by atoms with E-state index in [1.807, 2.05) is 0 Å². The van der Waals surface area contributed by atoms with E-state index >= 15 is 0 Å². The lowest BCUT2D eigenvalue weighted by molar-refractivity contribution is 0.0521. The monoisotopic (exact) mass is 218 g/mol. The normalized spacial score (nSPS) is 16.0. The third-order valence-corrected chi connectivity index (χ3v) is 2.61. The van der Waals surface area contributed by atoms with Crippen LogP contribution in [0.4, 0.5) is 0 Å². The van der Waals surface area contributed by atoms with Crippen molar-refractivity contribution in [2.75, 3.05) is 26.9 Å². The van der Waals surface area contributed by atoms with Gasteiger partial charge in [-0.25, -0.2) is 0 Å². The average Bonchev–Trinajstić information content (AvgIpc) is 2.18. The number of aliphatic hydroxyl groups excluding tert-OH is 1. The summed E-state index contributed by atoms with van der Waals surface area (Å²) in [5.74, 6) is 0. The Morgan fingerprint density at radius 1 is 1.40 bits per heavy atom. The van der Waals surface area contributed by atoms with E-state index in [4.69, 9.17) is 10.5 Å². The molecule has 0 saturated heterocycles. The van der Waals surface area contributed by atoms with E-state index in [1.165, 1.54) is 0 Å². The van der Waals surface area contributed by atoms with Crippen molar-refractivity contribution in [1.82, 2.24) is 4.90 Å². The molecule has 0 aliphatic rings. The topological polar surface area (TPSA) is 58.7 Å². The molecule has 0 spiro atoms. The molecule has 92 valence electrons. The van der Waals surface area contributed by atoms with Gasteiger partial charge in [0.1, 0.15) is 0 Å². The summed E-state index contributed by atoms with van der Waals surface area (Å²) < 4.78 is 5.03. The quantitative estimate of drug-likeness (QED) is 0.621. The Bertz CT molecular complexity index is 154. The van der Waals surface area contributed by atoms with Crippen LogP contribution in [0.25, 0.3) is 0 Å². The van der Waals surface area contributed by atoms with Crippen molar-refractivity contribution in [3.8, 4) is 0 Å². The fourth-order valence-corrected chi connectivity index (χ4v) is 1.85. The molecule has 15 heavy (non-hydrogen) atoms. The number of methoxy groups -OCH3 is 1. The minimum Gasteiger partial charge on any atom is -0.395 e. The molecule has 0 aliphatic carbocycles. The van der Waals surface area contributed by atoms with Crippen LogP contribution >= 0.6 is 0 Å². The maximum absolute atomic E-state index is 9.39. The summed E-state index contributed by atoms with van der Waals surface area (Å²) in [6, 6.07) is 0.254. The molecule has 0 aromatic carbocycles. The molecule has 0 rings (SSSR count). The van der Waals surface area contributed by atoms with E-state index < -0.39 is 0 Å². The van der Waals surface area contributed by atoms with Crippen LogP contribution in [-0.2, 0) is 4.74 Å². The first-order chi connectivity index (χ1) is 7.08. The molecule has 3 N–H and O–H groups in total. The van der Waals surface area contributed by atoms with Gasteiger partial charge in [-0.1, -0.05) is 6.92 Å². The Kier molecular flexibility index (Phi) is 7.96. The van der Waals surface area contributed by atoms with Gasteiger partial charge in [-0.2, -0.15) is 0 Å². The standard InChI is InChI=1S/C11H26N2O2/c1-5-6-13(9(2)3)11(7-14)10(12)8-15-4/h9-11,14H,5-8,12H2,1-4H3. The van der Waals surface area contributed by atoms with E-state index in [0.29, 0.717) is 12.6 Å². The summed E-state index contributed by atoms with van der Waals surface area (Å²) in [5, 5.41) is 9.39. The Morgan fingerprint density at radius 2 is 2.00 bits per heavy atom. The molecule has 0 radical (unpaired) electrons. The molecular formula is C11H26N2O2. The van der Waals surface area contributed by atoms with Crippen LogP contribution < -0.4 is 5.73 Å². The van der Waals surface area contributed by atoms with Gasteiger partial charge < -0.3 is 15.6 Å². The maximum atomic E-state index is 9.39. The summed E-state index contributed by atoms with van der Waals surface area (Å²) in [6.45, 7) is 7.91. The van der Waals surface area contributed by atoms with Gasteiger partial charge in [0.2, 0.25) is 0 Å². The van der Waals surface area contributed by atoms with Crippen molar-refractivity contribution in [1.29, 1.82) is 0 Å². The smallest absolute Gasteiger partial charge is 0.0629 e. The minimum atomic E-state index is -0.131. The van der Waals surface area contributed by atoms with Crippen molar-refractivity contribution < 1.29 is 9.84 Å². The van der Waals surface area contributed by atoms with Crippen LogP contribution in [0.15, 0.2) is 0 Å². The molecule has 0 aromatic rings. The lowest BCUT2D eigenvalue weighted by Crippen LogP contribution is -2.54. The molecule has 2 unspecified atom stereocenters. The van der Waals surface area contributed by atoms with E-state index in [-0.39, 0.29) is 18.7 Å². The second kappa shape index (κ2) is 8.05. The maximum Gasteiger partial charge on any atom is 0.0629 e. The number of hydrogen-bond acceptors (Lipinski definition) is 4. The molecule has 0 heterocycles. The predicted molar refractivity (Wildman–Crippen MR) is 62.9 cm³/mol. The Balaban J connectivity index is 4.42. The van der Waals surface area contributed by atoms with E-state index in [2.05, 4.69) is 25.7 Å². The summed E-state index contributed by atoms with van der Waals surface area (Å²) >= 11 is 0. The van der Waals surface area contributed by atoms with Crippen molar-refractivity contribution in [3.05, 3.63) is 0 Å². The van der Waals surface area contributed by atoms with Crippen molar-refractivity contribution in [2.24, 2.45) is 5.73 Å². The Morgan fingerprint density at radius 3 is 2.33 bits per heavy atom. The molecule has 0 aliphatic heterocycles. The lowest BCUT2D eigenvalue weighted by atomic mass is 10.1. The van der Waals surface area contributed by atoms with E-state index in [1.54, 1.807) is 7.11 Å². The fraction of sp³-hybridized carbons (Fsp3) is 1.00. The molecule has 0 fully saturated rings. The first-order valence-electron chi connectivity index (χ1n) is 5.69. The van der Waals surface area contributed by atoms with Gasteiger partial charge in [-0.3, -0.25) is 4.90 Å². The first-order valence-corrected chi connectivity index (χ1v) is 5.69. The predicted octanol–water partition coefficient (Wildman–Crippen LogP) is 0.441. The number of aliphatic hydroxyl groups is 1. The highest BCUT2D eigenvalue weighted by molar-refractivity contribution is 4.83. The summed E-state index contributed by atoms with van der Waals surface area (Å²) in [5.41, 5.74) is 5.98. The molecule has 0 bridgehead atoms. The van der Waals surface area contributed by atoms with Gasteiger partial charge in [0.15, 0.2) is 0 Å². The number of hydrogen-bond donors (Lipinski definition) is 2. The lowest BCUT2D eigenvalue weighted by Gasteiger charge is -2.36. The number of ether oxygens (including phenoxy) is 1. The molecular weight excluding hydrogens is 192 g/mol. The molecule has 0 saturated carbocycles. The molecule has 4 heteroatoms. The Labute approximate surface area is 93.4 Å². The van der Waals surface area contributed by atoms with Crippen LogP contribution in [0.3, 0.4) is 0 Å². The second-order valence-electron chi connectivity index (χ2n) is 4.20. The van der Waals surface area contributed by atoms with Gasteiger partial charge in [0.05, 0.1) is 19.3 Å². The number of rotatable bonds is 8. The largest absolute Gasteiger partial charge is 0.395 e. The average molecular weight is 218 g/mol. The summed E-state index contributed by atoms with van der Waals surface area (Å²) in [4.78, 5) is 2.24. The number of nitrogens with two attached hydrogens (primary N) is 1. The van der Waals surface area contributed by atoms with Gasteiger partial charge >= 0.3 is 0 Å². The van der Waals surface area contributed by atoms with Gasteiger partial charge in [-0.15, -0.1) is 0 Å². The minimum absolute atomic E-state index is 0.00935. The van der Waals surface area contributed by atoms with Crippen LogP contribution in [0.2, 0.25) is 0 Å². The third-order valence-electron chi connectivity index (χ3n) is 2.61. The third kappa shape index (κ3) is 4.93. The van der Waals surface area contributed by atoms with Gasteiger partial charge in [-0.05, 0) is 26.8 Å². The number of nitrogens with zero attached hydrogens (tertiary/aromatic N) is 1. The van der Waals surface area contributed by atoms with E-state index in [0.717, 1.165) is 13.0 Å². The second-order valence-corrected chi connectivity index (χ2v) is 4.20. The van der Waals surface area contributed by atoms with Crippen molar-refractivity contribution in [3.63, 3.8) is 0 Å². The molecule has 4 nitrogen and oxygen atoms in total. The zero-order chi connectivity index (χ0) is 11.8. The SMILES string of the molecule is CCCN(C(C)C)C(CO)C(N)COC. The Hall–Kier alpha value is -0.160. The highest BCUT2D eigenvalue weighted by Crippen LogP contribution is 2.09. The van der Waals surface area contributed by atoms with Crippen LogP contribution in [0.1, 0.15) is 27.2 Å². The molecule has 0 aromatic heterocycles. The van der Waals surface area contributed by atoms with Crippen molar-refractivity contribution in [2.45, 2.75) is 45.3 Å². The van der Waals surface area contributed by atoms with Crippen molar-refractivity contribution >= 4 is 0 Å². The van der Waals surface area contributed by atoms with Gasteiger partial charge in [0.25, 0.3) is 0 Å². The summed E-state index contributed by atoms with van der Waals surface area (Å²) in [7, 11) is 1.63. The zero-order valence-electron chi connectivity index (χ0n) is 10.4. The highest BCUT2D eigenvalue weighted by Gasteiger charge is 2.25. The van der Waals surface area contributed by atoms with Crippen LogP contribution in [0.5, 0.6) is 0 Å². The van der Waals surface area contributed by atoms with Crippen LogP contribution in [0, 0.1) is 0 Å². The summed E-state index contributed by atoms with van der Waals surface area (Å²) in [6.07, 6.45) is 1.06. The van der Waals surface area contributed by atoms with Crippen LogP contribution in [-0.4, -0.2) is 55.0 Å². The first kappa shape index (κ1) is 14.8. The highest BCUT2D eigenvalue weighted by atomic mass is 16.5. The molecule has 2 atom stereocenters. The van der Waals surface area contributed by atoms with Gasteiger partial charge in [0, 0.05) is 19.2 Å².